The summed E-state index contributed by atoms with van der Waals surface area (Å²) in [7, 11) is 0. The molecule has 3 heteroatoms. The first-order valence-electron chi connectivity index (χ1n) is 5.14. The molecule has 0 bridgehead atoms. The molecule has 0 radical (unpaired) electrons. The summed E-state index contributed by atoms with van der Waals surface area (Å²) >= 11 is 0. The van der Waals surface area contributed by atoms with Gasteiger partial charge in [-0.3, -0.25) is 0 Å². The zero-order chi connectivity index (χ0) is 9.26. The molecule has 0 aliphatic carbocycles. The van der Waals surface area contributed by atoms with Crippen LogP contribution >= 0.6 is 0 Å². The molecule has 1 atom stereocenters. The van der Waals surface area contributed by atoms with Crippen LogP contribution < -0.4 is 5.32 Å². The highest BCUT2D eigenvalue weighted by Gasteiger charge is 2.21. The fourth-order valence-electron chi connectivity index (χ4n) is 2.06. The van der Waals surface area contributed by atoms with Crippen molar-refractivity contribution in [1.82, 2.24) is 14.9 Å². The summed E-state index contributed by atoms with van der Waals surface area (Å²) in [5, 5.41) is 3.49. The van der Waals surface area contributed by atoms with E-state index in [2.05, 4.69) is 28.7 Å². The van der Waals surface area contributed by atoms with Crippen molar-refractivity contribution in [2.45, 2.75) is 39.3 Å². The van der Waals surface area contributed by atoms with Crippen LogP contribution in [0, 0.1) is 0 Å². The van der Waals surface area contributed by atoms with E-state index in [0.717, 1.165) is 25.9 Å². The maximum absolute atomic E-state index is 4.48. The predicted octanol–water partition coefficient (Wildman–Crippen LogP) is 1.50. The number of aryl methyl sites for hydroxylation is 1. The summed E-state index contributed by atoms with van der Waals surface area (Å²) in [5.74, 6) is 0. The minimum Gasteiger partial charge on any atom is -0.334 e. The highest BCUT2D eigenvalue weighted by molar-refractivity contribution is 5.20. The lowest BCUT2D eigenvalue weighted by molar-refractivity contribution is 0.472. The maximum atomic E-state index is 4.48. The first-order valence-corrected chi connectivity index (χ1v) is 5.14. The summed E-state index contributed by atoms with van der Waals surface area (Å²) in [4.78, 5) is 4.48. The summed E-state index contributed by atoms with van der Waals surface area (Å²) in [6.07, 6.45) is 4.23. The lowest BCUT2D eigenvalue weighted by Crippen LogP contribution is -2.30. The van der Waals surface area contributed by atoms with Crippen LogP contribution in [0.1, 0.15) is 37.7 Å². The van der Waals surface area contributed by atoms with Crippen molar-refractivity contribution >= 4 is 0 Å². The van der Waals surface area contributed by atoms with E-state index in [1.54, 1.807) is 0 Å². The van der Waals surface area contributed by atoms with Crippen LogP contribution in [0.15, 0.2) is 6.33 Å². The van der Waals surface area contributed by atoms with Gasteiger partial charge in [0.15, 0.2) is 0 Å². The molecule has 1 aromatic heterocycles. The second kappa shape index (κ2) is 3.50. The Hall–Kier alpha value is -0.830. The number of hydrogen-bond donors (Lipinski definition) is 1. The second-order valence-electron chi connectivity index (χ2n) is 3.53. The number of rotatable bonds is 2. The number of fused-ring (bicyclic) bond motifs is 1. The van der Waals surface area contributed by atoms with Gasteiger partial charge in [-0.25, -0.2) is 4.98 Å². The molecule has 0 amide bonds. The number of nitrogens with zero attached hydrogens (tertiary/aromatic N) is 2. The van der Waals surface area contributed by atoms with Gasteiger partial charge in [-0.15, -0.1) is 0 Å². The van der Waals surface area contributed by atoms with Gasteiger partial charge in [0.05, 0.1) is 18.1 Å². The van der Waals surface area contributed by atoms with Gasteiger partial charge in [0.1, 0.15) is 0 Å². The maximum Gasteiger partial charge on any atom is 0.0952 e. The van der Waals surface area contributed by atoms with Gasteiger partial charge in [-0.05, 0) is 13.3 Å². The van der Waals surface area contributed by atoms with Gasteiger partial charge in [0.25, 0.3) is 0 Å². The Bertz CT molecular complexity index is 290. The lowest BCUT2D eigenvalue weighted by Gasteiger charge is -2.22. The molecule has 0 aromatic carbocycles. The number of hydrogen-bond acceptors (Lipinski definition) is 2. The van der Waals surface area contributed by atoms with E-state index in [9.17, 15) is 0 Å². The van der Waals surface area contributed by atoms with Crippen molar-refractivity contribution in [3.63, 3.8) is 0 Å². The molecule has 0 saturated carbocycles. The highest BCUT2D eigenvalue weighted by atomic mass is 15.1. The molecule has 2 rings (SSSR count). The van der Waals surface area contributed by atoms with Gasteiger partial charge in [-0.2, -0.15) is 0 Å². The van der Waals surface area contributed by atoms with Crippen LogP contribution in [0.25, 0.3) is 0 Å². The van der Waals surface area contributed by atoms with Crippen molar-refractivity contribution < 1.29 is 0 Å². The molecule has 0 saturated heterocycles. The van der Waals surface area contributed by atoms with Gasteiger partial charge in [0.2, 0.25) is 0 Å². The fourth-order valence-corrected chi connectivity index (χ4v) is 2.06. The van der Waals surface area contributed by atoms with E-state index in [0.29, 0.717) is 6.04 Å². The summed E-state index contributed by atoms with van der Waals surface area (Å²) in [6.45, 7) is 6.51. The van der Waals surface area contributed by atoms with E-state index in [4.69, 9.17) is 0 Å². The predicted molar refractivity (Wildman–Crippen MR) is 52.6 cm³/mol. The number of nitrogens with one attached hydrogen (secondary N) is 1. The fraction of sp³-hybridized carbons (Fsp3) is 0.700. The second-order valence-corrected chi connectivity index (χ2v) is 3.53. The first-order chi connectivity index (χ1) is 6.36. The third-order valence-electron chi connectivity index (χ3n) is 2.81. The van der Waals surface area contributed by atoms with Crippen molar-refractivity contribution in [2.24, 2.45) is 0 Å². The van der Waals surface area contributed by atoms with Crippen molar-refractivity contribution in [3.05, 3.63) is 17.7 Å². The minimum absolute atomic E-state index is 0.483. The Morgan fingerprint density at radius 1 is 1.62 bits per heavy atom. The van der Waals surface area contributed by atoms with Crippen LogP contribution in [-0.4, -0.2) is 16.1 Å². The van der Waals surface area contributed by atoms with E-state index in [1.165, 1.54) is 11.4 Å². The van der Waals surface area contributed by atoms with Crippen molar-refractivity contribution in [1.29, 1.82) is 0 Å². The Morgan fingerprint density at radius 3 is 3.15 bits per heavy atom. The molecule has 72 valence electrons. The molecule has 0 fully saturated rings. The molecule has 1 aromatic rings. The molecule has 1 unspecified atom stereocenters. The van der Waals surface area contributed by atoms with Crippen LogP contribution in [-0.2, 0) is 13.0 Å². The summed E-state index contributed by atoms with van der Waals surface area (Å²) in [6, 6.07) is 0.483. The highest BCUT2D eigenvalue weighted by Crippen LogP contribution is 2.23. The van der Waals surface area contributed by atoms with Crippen molar-refractivity contribution in [2.75, 3.05) is 6.54 Å². The third kappa shape index (κ3) is 1.37. The summed E-state index contributed by atoms with van der Waals surface area (Å²) in [5.41, 5.74) is 2.71. The molecule has 0 spiro atoms. The van der Waals surface area contributed by atoms with E-state index >= 15 is 0 Å². The SMILES string of the molecule is CCC1NCCc2c1ncn2CC. The van der Waals surface area contributed by atoms with Gasteiger partial charge >= 0.3 is 0 Å². The molecule has 13 heavy (non-hydrogen) atoms. The number of imidazole rings is 1. The average Bonchev–Trinajstić information content (AvgIpc) is 2.60. The monoisotopic (exact) mass is 179 g/mol. The molecule has 2 heterocycles. The zero-order valence-corrected chi connectivity index (χ0v) is 8.38. The molecule has 1 aliphatic rings. The minimum atomic E-state index is 0.483. The first kappa shape index (κ1) is 8.75. The topological polar surface area (TPSA) is 29.9 Å². The lowest BCUT2D eigenvalue weighted by atomic mass is 10.0. The molecule has 1 aliphatic heterocycles. The largest absolute Gasteiger partial charge is 0.334 e. The van der Waals surface area contributed by atoms with E-state index < -0.39 is 0 Å². The smallest absolute Gasteiger partial charge is 0.0952 e. The third-order valence-corrected chi connectivity index (χ3v) is 2.81. The molecular weight excluding hydrogens is 162 g/mol. The Labute approximate surface area is 79.2 Å². The number of aromatic nitrogens is 2. The normalized spacial score (nSPS) is 21.5. The van der Waals surface area contributed by atoms with Crippen molar-refractivity contribution in [3.8, 4) is 0 Å². The quantitative estimate of drug-likeness (QED) is 0.745. The molecule has 1 N–H and O–H groups in total. The Morgan fingerprint density at radius 2 is 2.46 bits per heavy atom. The van der Waals surface area contributed by atoms with Crippen LogP contribution in [0.3, 0.4) is 0 Å². The van der Waals surface area contributed by atoms with E-state index in [-0.39, 0.29) is 0 Å². The average molecular weight is 179 g/mol. The van der Waals surface area contributed by atoms with Crippen LogP contribution in [0.2, 0.25) is 0 Å². The van der Waals surface area contributed by atoms with Gasteiger partial charge < -0.3 is 9.88 Å². The van der Waals surface area contributed by atoms with Crippen LogP contribution in [0.5, 0.6) is 0 Å². The Balaban J connectivity index is 2.36. The standard InChI is InChI=1S/C10H17N3/c1-3-8-10-9(5-6-11-8)13(4-2)7-12-10/h7-8,11H,3-6H2,1-2H3. The zero-order valence-electron chi connectivity index (χ0n) is 8.38. The summed E-state index contributed by atoms with van der Waals surface area (Å²) < 4.78 is 2.26. The Kier molecular flexibility index (Phi) is 2.36. The van der Waals surface area contributed by atoms with E-state index in [1.807, 2.05) is 6.33 Å². The van der Waals surface area contributed by atoms with Gasteiger partial charge in [0, 0.05) is 25.2 Å². The molecular formula is C10H17N3. The van der Waals surface area contributed by atoms with Gasteiger partial charge in [-0.1, -0.05) is 6.92 Å². The molecule has 3 nitrogen and oxygen atoms in total. The van der Waals surface area contributed by atoms with Crippen LogP contribution in [0.4, 0.5) is 0 Å².